The van der Waals surface area contributed by atoms with Gasteiger partial charge in [-0.1, -0.05) is 0 Å². The molecule has 0 atom stereocenters. The summed E-state index contributed by atoms with van der Waals surface area (Å²) >= 11 is 0. The maximum absolute atomic E-state index is 13.1. The van der Waals surface area contributed by atoms with E-state index in [0.29, 0.717) is 12.2 Å². The van der Waals surface area contributed by atoms with Crippen molar-refractivity contribution in [2.45, 2.75) is 58.0 Å². The van der Waals surface area contributed by atoms with Crippen molar-refractivity contribution in [3.05, 3.63) is 39.6 Å². The Bertz CT molecular complexity index is 1170. The molecule has 0 radical (unpaired) electrons. The van der Waals surface area contributed by atoms with Crippen molar-refractivity contribution in [3.8, 4) is 11.6 Å². The predicted octanol–water partition coefficient (Wildman–Crippen LogP) is 2.93. The van der Waals surface area contributed by atoms with E-state index in [1.165, 1.54) is 17.9 Å². The number of nitrogens with one attached hydrogen (secondary N) is 2. The summed E-state index contributed by atoms with van der Waals surface area (Å²) in [5.41, 5.74) is -0.758. The van der Waals surface area contributed by atoms with Crippen LogP contribution in [0.1, 0.15) is 56.7 Å². The summed E-state index contributed by atoms with van der Waals surface area (Å²) < 4.78 is 41.0. The first kappa shape index (κ1) is 27.2. The number of aromatic nitrogens is 2. The number of benzene rings is 1. The fourth-order valence-electron chi connectivity index (χ4n) is 3.01. The van der Waals surface area contributed by atoms with Gasteiger partial charge in [-0.15, -0.1) is 0 Å². The molecule has 0 aliphatic heterocycles. The van der Waals surface area contributed by atoms with E-state index in [1.807, 2.05) is 13.8 Å². The Kier molecular flexibility index (Phi) is 8.40. The number of hydrogen-bond acceptors (Lipinski definition) is 8. The first-order chi connectivity index (χ1) is 15.7. The molecule has 0 aliphatic carbocycles. The zero-order chi connectivity index (χ0) is 25.8. The summed E-state index contributed by atoms with van der Waals surface area (Å²) in [7, 11) is -2.68. The SMILES string of the molecule is COCCNC(=O)c1nn(C(C)C)c(Oc2ccc([N+](=O)[O-])cc2S(=O)(=O)NC(C)(C)C)c1C. The molecule has 0 saturated carbocycles. The molecule has 2 aromatic rings. The molecule has 2 rings (SSSR count). The van der Waals surface area contributed by atoms with Gasteiger partial charge in [0, 0.05) is 36.9 Å². The minimum absolute atomic E-state index is 0.110. The molecule has 0 saturated heterocycles. The predicted molar refractivity (Wildman–Crippen MR) is 125 cm³/mol. The van der Waals surface area contributed by atoms with E-state index in [9.17, 15) is 23.3 Å². The summed E-state index contributed by atoms with van der Waals surface area (Å²) in [5.74, 6) is -0.434. The number of rotatable bonds is 10. The molecule has 0 fully saturated rings. The number of carbonyl (C=O) groups excluding carboxylic acids is 1. The van der Waals surface area contributed by atoms with Gasteiger partial charge in [-0.05, 0) is 47.6 Å². The van der Waals surface area contributed by atoms with Gasteiger partial charge in [0.1, 0.15) is 10.6 Å². The van der Waals surface area contributed by atoms with Crippen LogP contribution in [0.4, 0.5) is 5.69 Å². The van der Waals surface area contributed by atoms with Crippen molar-refractivity contribution in [2.75, 3.05) is 20.3 Å². The highest BCUT2D eigenvalue weighted by atomic mass is 32.2. The van der Waals surface area contributed by atoms with Gasteiger partial charge in [0.2, 0.25) is 15.9 Å². The molecule has 188 valence electrons. The van der Waals surface area contributed by atoms with E-state index in [1.54, 1.807) is 27.7 Å². The molecule has 2 N–H and O–H groups in total. The number of sulfonamides is 1. The highest BCUT2D eigenvalue weighted by molar-refractivity contribution is 7.89. The van der Waals surface area contributed by atoms with E-state index in [2.05, 4.69) is 15.1 Å². The molecule has 34 heavy (non-hydrogen) atoms. The Morgan fingerprint density at radius 1 is 1.29 bits per heavy atom. The van der Waals surface area contributed by atoms with Crippen molar-refractivity contribution >= 4 is 21.6 Å². The van der Waals surface area contributed by atoms with Gasteiger partial charge in [0.15, 0.2) is 5.69 Å². The Morgan fingerprint density at radius 3 is 2.47 bits per heavy atom. The van der Waals surface area contributed by atoms with Crippen molar-refractivity contribution in [2.24, 2.45) is 0 Å². The summed E-state index contributed by atoms with van der Waals surface area (Å²) in [4.78, 5) is 22.8. The number of ether oxygens (including phenoxy) is 2. The lowest BCUT2D eigenvalue weighted by Gasteiger charge is -2.21. The molecule has 1 heterocycles. The lowest BCUT2D eigenvalue weighted by atomic mass is 10.1. The highest BCUT2D eigenvalue weighted by Crippen LogP contribution is 2.35. The standard InChI is InChI=1S/C21H31N5O7S/c1-13(2)25-20(14(3)18(23-25)19(27)22-10-11-32-7)33-16-9-8-15(26(28)29)12-17(16)34(30,31)24-21(4,5)6/h8-9,12-13,24H,10-11H2,1-7H3,(H,22,27). The average molecular weight is 498 g/mol. The summed E-state index contributed by atoms with van der Waals surface area (Å²) in [6.45, 7) is 10.8. The minimum Gasteiger partial charge on any atom is -0.438 e. The quantitative estimate of drug-likeness (QED) is 0.288. The summed E-state index contributed by atoms with van der Waals surface area (Å²) in [5, 5.41) is 18.3. The van der Waals surface area contributed by atoms with Crippen LogP contribution in [0, 0.1) is 17.0 Å². The van der Waals surface area contributed by atoms with Gasteiger partial charge >= 0.3 is 0 Å². The molecular weight excluding hydrogens is 466 g/mol. The number of amides is 1. The molecule has 12 nitrogen and oxygen atoms in total. The Morgan fingerprint density at radius 2 is 1.94 bits per heavy atom. The van der Waals surface area contributed by atoms with Crippen LogP contribution in [0.15, 0.2) is 23.1 Å². The maximum atomic E-state index is 13.1. The fourth-order valence-corrected chi connectivity index (χ4v) is 4.57. The zero-order valence-corrected chi connectivity index (χ0v) is 21.1. The molecular formula is C21H31N5O7S. The van der Waals surface area contributed by atoms with Crippen molar-refractivity contribution in [1.29, 1.82) is 0 Å². The van der Waals surface area contributed by atoms with Gasteiger partial charge in [-0.3, -0.25) is 14.9 Å². The second-order valence-corrected chi connectivity index (χ2v) is 10.6. The zero-order valence-electron chi connectivity index (χ0n) is 20.3. The second-order valence-electron chi connectivity index (χ2n) is 8.91. The van der Waals surface area contributed by atoms with Gasteiger partial charge in [-0.25, -0.2) is 17.8 Å². The number of carbonyl (C=O) groups is 1. The van der Waals surface area contributed by atoms with Crippen LogP contribution in [0.2, 0.25) is 0 Å². The number of non-ortho nitro benzene ring substituents is 1. The minimum atomic E-state index is -4.20. The largest absolute Gasteiger partial charge is 0.438 e. The fraction of sp³-hybridized carbons (Fsp3) is 0.524. The smallest absolute Gasteiger partial charge is 0.272 e. The van der Waals surface area contributed by atoms with Gasteiger partial charge in [-0.2, -0.15) is 5.10 Å². The first-order valence-corrected chi connectivity index (χ1v) is 12.0. The molecule has 0 bridgehead atoms. The lowest BCUT2D eigenvalue weighted by molar-refractivity contribution is -0.385. The third kappa shape index (κ3) is 6.52. The Labute approximate surface area is 198 Å². The van der Waals surface area contributed by atoms with Crippen molar-refractivity contribution < 1.29 is 27.6 Å². The Hall–Kier alpha value is -3.03. The Balaban J connectivity index is 2.60. The van der Waals surface area contributed by atoms with Crippen molar-refractivity contribution in [1.82, 2.24) is 19.8 Å². The maximum Gasteiger partial charge on any atom is 0.272 e. The summed E-state index contributed by atoms with van der Waals surface area (Å²) in [6.07, 6.45) is 0. The van der Waals surface area contributed by atoms with Crippen LogP contribution in [0.25, 0.3) is 0 Å². The van der Waals surface area contributed by atoms with Crippen LogP contribution >= 0.6 is 0 Å². The number of nitro groups is 1. The molecule has 1 aromatic heterocycles. The molecule has 1 aromatic carbocycles. The monoisotopic (exact) mass is 497 g/mol. The van der Waals surface area contributed by atoms with Crippen LogP contribution in [0.5, 0.6) is 11.6 Å². The van der Waals surface area contributed by atoms with Crippen LogP contribution < -0.4 is 14.8 Å². The second kappa shape index (κ2) is 10.5. The number of nitrogens with zero attached hydrogens (tertiary/aromatic N) is 3. The average Bonchev–Trinajstić information content (AvgIpc) is 3.03. The van der Waals surface area contributed by atoms with Crippen LogP contribution in [0.3, 0.4) is 0 Å². The van der Waals surface area contributed by atoms with Crippen LogP contribution in [-0.4, -0.2) is 54.8 Å². The third-order valence-electron chi connectivity index (χ3n) is 4.46. The topological polar surface area (TPSA) is 155 Å². The lowest BCUT2D eigenvalue weighted by Crippen LogP contribution is -2.40. The van der Waals surface area contributed by atoms with E-state index < -0.39 is 37.0 Å². The van der Waals surface area contributed by atoms with E-state index >= 15 is 0 Å². The molecule has 13 heteroatoms. The molecule has 0 spiro atoms. The molecule has 1 amide bonds. The number of nitro benzene ring substituents is 1. The normalized spacial score (nSPS) is 12.1. The van der Waals surface area contributed by atoms with E-state index in [-0.39, 0.29) is 29.9 Å². The highest BCUT2D eigenvalue weighted by Gasteiger charge is 2.30. The van der Waals surface area contributed by atoms with Gasteiger partial charge in [0.25, 0.3) is 11.6 Å². The van der Waals surface area contributed by atoms with Gasteiger partial charge in [0.05, 0.1) is 17.6 Å². The first-order valence-electron chi connectivity index (χ1n) is 10.5. The van der Waals surface area contributed by atoms with Crippen LogP contribution in [-0.2, 0) is 14.8 Å². The van der Waals surface area contributed by atoms with Crippen molar-refractivity contribution in [3.63, 3.8) is 0 Å². The molecule has 0 unspecified atom stereocenters. The summed E-state index contributed by atoms with van der Waals surface area (Å²) in [6, 6.07) is 3.06. The van der Waals surface area contributed by atoms with Gasteiger partial charge < -0.3 is 14.8 Å². The third-order valence-corrected chi connectivity index (χ3v) is 6.24. The number of methoxy groups -OCH3 is 1. The van der Waals surface area contributed by atoms with E-state index in [4.69, 9.17) is 9.47 Å². The molecule has 0 aliphatic rings. The van der Waals surface area contributed by atoms with E-state index in [0.717, 1.165) is 12.1 Å². The number of hydrogen-bond donors (Lipinski definition) is 2.